The molecular weight excluding hydrogens is 478 g/mol. The molecule has 9 atom stereocenters. The van der Waals surface area contributed by atoms with Gasteiger partial charge in [0.2, 0.25) is 0 Å². The van der Waals surface area contributed by atoms with Gasteiger partial charge in [-0.3, -0.25) is 4.90 Å². The molecule has 7 aliphatic rings. The van der Waals surface area contributed by atoms with E-state index in [1.807, 2.05) is 6.07 Å². The first-order chi connectivity index (χ1) is 18.8. The van der Waals surface area contributed by atoms with Crippen molar-refractivity contribution in [3.8, 4) is 5.75 Å². The van der Waals surface area contributed by atoms with Gasteiger partial charge in [-0.25, -0.2) is 0 Å². The van der Waals surface area contributed by atoms with Crippen molar-refractivity contribution in [3.05, 3.63) is 29.3 Å². The molecule has 3 heterocycles. The zero-order valence-corrected chi connectivity index (χ0v) is 25.3. The van der Waals surface area contributed by atoms with Crippen LogP contribution in [0.15, 0.2) is 18.2 Å². The summed E-state index contributed by atoms with van der Waals surface area (Å²) >= 11 is 0. The molecule has 6 bridgehead atoms. The second kappa shape index (κ2) is 10.0. The van der Waals surface area contributed by atoms with Gasteiger partial charge >= 0.3 is 0 Å². The number of piperidine rings is 3. The van der Waals surface area contributed by atoms with Gasteiger partial charge in [0, 0.05) is 29.6 Å². The minimum absolute atomic E-state index is 0.196. The summed E-state index contributed by atoms with van der Waals surface area (Å²) in [6.45, 7) is 11.3. The molecule has 8 rings (SSSR count). The maximum Gasteiger partial charge on any atom is 0.115 e. The molecule has 3 aliphatic heterocycles. The smallest absolute Gasteiger partial charge is 0.115 e. The van der Waals surface area contributed by atoms with Gasteiger partial charge < -0.3 is 15.3 Å². The summed E-state index contributed by atoms with van der Waals surface area (Å²) in [6.07, 6.45) is 16.5. The van der Waals surface area contributed by atoms with Gasteiger partial charge in [-0.15, -0.1) is 0 Å². The van der Waals surface area contributed by atoms with E-state index in [-0.39, 0.29) is 5.41 Å². The molecule has 216 valence electrons. The van der Waals surface area contributed by atoms with Crippen LogP contribution in [0.25, 0.3) is 0 Å². The molecule has 39 heavy (non-hydrogen) atoms. The molecule has 1 aromatic rings. The Balaban J connectivity index is 0.979. The first-order valence-corrected chi connectivity index (χ1v) is 16.8. The molecule has 2 unspecified atom stereocenters. The van der Waals surface area contributed by atoms with Crippen LogP contribution in [-0.4, -0.2) is 65.8 Å². The first kappa shape index (κ1) is 26.8. The minimum atomic E-state index is 0.196. The Kier molecular flexibility index (Phi) is 6.88. The van der Waals surface area contributed by atoms with Gasteiger partial charge in [-0.2, -0.15) is 0 Å². The van der Waals surface area contributed by atoms with Gasteiger partial charge in [0.1, 0.15) is 5.75 Å². The summed E-state index contributed by atoms with van der Waals surface area (Å²) < 4.78 is 0. The molecular formula is C35H55N3O. The number of fused-ring (bicyclic) bond motifs is 8. The number of benzene rings is 1. The topological polar surface area (TPSA) is 38.7 Å². The SMILES string of the molecule is C[C@H]1[C@H]2Cc3ccc(O)cc3C1(CCNC1C[C@H]3CCC[C@@H](C1)N3CC[C@@H]1CC[C@H]3C[C@@H]1C3(C)C)CCN2C. The second-order valence-corrected chi connectivity index (χ2v) is 15.6. The number of likely N-dealkylation sites (N-methyl/N-ethyl adjacent to an activating group) is 1. The van der Waals surface area contributed by atoms with Crippen LogP contribution in [0.2, 0.25) is 0 Å². The van der Waals surface area contributed by atoms with E-state index in [2.05, 4.69) is 55.1 Å². The number of nitrogens with one attached hydrogen (secondary N) is 1. The van der Waals surface area contributed by atoms with Crippen molar-refractivity contribution >= 4 is 0 Å². The Morgan fingerprint density at radius 1 is 1.05 bits per heavy atom. The van der Waals surface area contributed by atoms with Crippen LogP contribution in [0, 0.1) is 29.1 Å². The standard InChI is InChI=1S/C35H55N3O/c1-23-33-18-25-9-11-30(39)22-32(25)35(23,14-17-37(33)4)13-15-36-27-20-28-6-5-7-29(21-27)38(28)16-12-24-8-10-26-19-31(24)34(26,2)3/h9,11,22-24,26-29,31,33,36,39H,5-8,10,12-21H2,1-4H3/t23-,24-,26-,27?,28-,29+,31-,33+,35?/m0/s1. The molecule has 0 amide bonds. The van der Waals surface area contributed by atoms with Crippen molar-refractivity contribution < 1.29 is 5.11 Å². The zero-order chi connectivity index (χ0) is 26.9. The van der Waals surface area contributed by atoms with Crippen LogP contribution in [0.3, 0.4) is 0 Å². The van der Waals surface area contributed by atoms with Crippen LogP contribution < -0.4 is 5.32 Å². The summed E-state index contributed by atoms with van der Waals surface area (Å²) in [5.41, 5.74) is 3.75. The maximum absolute atomic E-state index is 10.4. The highest BCUT2D eigenvalue weighted by Gasteiger charge is 2.54. The molecule has 0 spiro atoms. The van der Waals surface area contributed by atoms with E-state index < -0.39 is 0 Å². The fraction of sp³-hybridized carbons (Fsp3) is 0.829. The van der Waals surface area contributed by atoms with Crippen LogP contribution in [0.4, 0.5) is 0 Å². The van der Waals surface area contributed by atoms with Gasteiger partial charge in [0.05, 0.1) is 0 Å². The summed E-state index contributed by atoms with van der Waals surface area (Å²) in [4.78, 5) is 5.59. The minimum Gasteiger partial charge on any atom is -0.508 e. The number of hydrogen-bond acceptors (Lipinski definition) is 4. The Morgan fingerprint density at radius 3 is 2.59 bits per heavy atom. The lowest BCUT2D eigenvalue weighted by Crippen LogP contribution is -2.59. The van der Waals surface area contributed by atoms with Crippen LogP contribution in [0.1, 0.15) is 103 Å². The number of aromatic hydroxyl groups is 1. The normalized spacial score (nSPS) is 43.0. The van der Waals surface area contributed by atoms with Gasteiger partial charge in [-0.05, 0) is 150 Å². The quantitative estimate of drug-likeness (QED) is 0.428. The van der Waals surface area contributed by atoms with E-state index in [0.717, 1.165) is 42.8 Å². The molecule has 3 saturated heterocycles. The Morgan fingerprint density at radius 2 is 1.85 bits per heavy atom. The molecule has 3 saturated carbocycles. The average molecular weight is 534 g/mol. The van der Waals surface area contributed by atoms with Gasteiger partial charge in [-0.1, -0.05) is 33.3 Å². The lowest BCUT2D eigenvalue weighted by molar-refractivity contribution is -0.111. The highest BCUT2D eigenvalue weighted by Crippen LogP contribution is 2.62. The molecule has 4 heteroatoms. The van der Waals surface area contributed by atoms with Crippen LogP contribution in [-0.2, 0) is 11.8 Å². The number of hydrogen-bond donors (Lipinski definition) is 2. The molecule has 2 N–H and O–H groups in total. The third-order valence-corrected chi connectivity index (χ3v) is 13.9. The van der Waals surface area contributed by atoms with Crippen molar-refractivity contribution in [2.75, 3.05) is 26.7 Å². The number of rotatable bonds is 7. The zero-order valence-electron chi connectivity index (χ0n) is 25.3. The number of nitrogens with zero attached hydrogens (tertiary/aromatic N) is 2. The van der Waals surface area contributed by atoms with E-state index in [1.54, 1.807) is 0 Å². The highest BCUT2D eigenvalue weighted by molar-refractivity contribution is 5.44. The van der Waals surface area contributed by atoms with E-state index in [0.29, 0.717) is 29.2 Å². The fourth-order valence-corrected chi connectivity index (χ4v) is 11.3. The number of phenols is 1. The lowest BCUT2D eigenvalue weighted by Gasteiger charge is -2.60. The van der Waals surface area contributed by atoms with Crippen molar-refractivity contribution in [1.29, 1.82) is 0 Å². The van der Waals surface area contributed by atoms with Crippen LogP contribution in [0.5, 0.6) is 5.75 Å². The Hall–Kier alpha value is -1.10. The highest BCUT2D eigenvalue weighted by atomic mass is 16.3. The maximum atomic E-state index is 10.4. The largest absolute Gasteiger partial charge is 0.508 e. The van der Waals surface area contributed by atoms with E-state index in [9.17, 15) is 5.11 Å². The van der Waals surface area contributed by atoms with Crippen LogP contribution >= 0.6 is 0 Å². The summed E-state index contributed by atoms with van der Waals surface area (Å²) in [5, 5.41) is 14.5. The fourth-order valence-electron chi connectivity index (χ4n) is 11.3. The van der Waals surface area contributed by atoms with Crippen molar-refractivity contribution in [2.24, 2.45) is 29.1 Å². The van der Waals surface area contributed by atoms with E-state index in [1.165, 1.54) is 94.8 Å². The van der Waals surface area contributed by atoms with E-state index in [4.69, 9.17) is 0 Å². The third-order valence-electron chi connectivity index (χ3n) is 13.9. The third kappa shape index (κ3) is 4.41. The first-order valence-electron chi connectivity index (χ1n) is 16.8. The molecule has 4 nitrogen and oxygen atoms in total. The molecule has 0 radical (unpaired) electrons. The summed E-state index contributed by atoms with van der Waals surface area (Å²) in [6, 6.07) is 9.14. The van der Waals surface area contributed by atoms with E-state index >= 15 is 0 Å². The van der Waals surface area contributed by atoms with Crippen molar-refractivity contribution in [1.82, 2.24) is 15.1 Å². The second-order valence-electron chi connectivity index (χ2n) is 15.6. The Bertz CT molecular complexity index is 1040. The number of phenolic OH excluding ortho intramolecular Hbond substituents is 1. The van der Waals surface area contributed by atoms with Gasteiger partial charge in [0.15, 0.2) is 0 Å². The van der Waals surface area contributed by atoms with Crippen molar-refractivity contribution in [2.45, 2.75) is 127 Å². The predicted octanol–water partition coefficient (Wildman–Crippen LogP) is 6.35. The molecule has 1 aromatic carbocycles. The predicted molar refractivity (Wildman–Crippen MR) is 160 cm³/mol. The molecule has 6 fully saturated rings. The lowest BCUT2D eigenvalue weighted by atomic mass is 9.45. The summed E-state index contributed by atoms with van der Waals surface area (Å²) in [7, 11) is 2.32. The molecule has 0 aromatic heterocycles. The molecule has 4 aliphatic carbocycles. The van der Waals surface area contributed by atoms with Crippen molar-refractivity contribution in [3.63, 3.8) is 0 Å². The summed E-state index contributed by atoms with van der Waals surface area (Å²) in [5.74, 6) is 4.08. The van der Waals surface area contributed by atoms with Gasteiger partial charge in [0.25, 0.3) is 0 Å². The monoisotopic (exact) mass is 533 g/mol. The average Bonchev–Trinajstić information content (AvgIpc) is 2.91. The Labute approximate surface area is 238 Å². The number of likely N-dealkylation sites (tertiary alicyclic amines) is 1.